The quantitative estimate of drug-likeness (QED) is 0.595. The van der Waals surface area contributed by atoms with Gasteiger partial charge in [0.05, 0.1) is 6.26 Å². The molecule has 0 fully saturated rings. The number of hydrogen-bond donors (Lipinski definition) is 1. The summed E-state index contributed by atoms with van der Waals surface area (Å²) in [6.07, 6.45) is 5.61. The Morgan fingerprint density at radius 2 is 2.67 bits per heavy atom. The molecule has 0 spiro atoms. The zero-order valence-corrected chi connectivity index (χ0v) is 5.55. The summed E-state index contributed by atoms with van der Waals surface area (Å²) in [6, 6.07) is 0. The highest BCUT2D eigenvalue weighted by Gasteiger charge is 1.94. The molecule has 0 aromatic rings. The van der Waals surface area contributed by atoms with Crippen LogP contribution in [0.25, 0.3) is 0 Å². The second-order valence-electron chi connectivity index (χ2n) is 1.86. The number of allylic oxidation sites excluding steroid dienone is 2. The Morgan fingerprint density at radius 1 is 1.78 bits per heavy atom. The first kappa shape index (κ1) is 6.20. The van der Waals surface area contributed by atoms with Crippen molar-refractivity contribution in [3.8, 4) is 0 Å². The van der Waals surface area contributed by atoms with E-state index in [1.165, 1.54) is 0 Å². The van der Waals surface area contributed by atoms with Crippen molar-refractivity contribution < 1.29 is 4.74 Å². The lowest BCUT2D eigenvalue weighted by Crippen LogP contribution is -2.16. The lowest BCUT2D eigenvalue weighted by atomic mass is 10.3. The summed E-state index contributed by atoms with van der Waals surface area (Å²) in [7, 11) is 0. The molecule has 1 heterocycles. The lowest BCUT2D eigenvalue weighted by Gasteiger charge is -2.10. The minimum Gasteiger partial charge on any atom is -0.495 e. The Kier molecular flexibility index (Phi) is 2.19. The number of hydrogen-bond acceptors (Lipinski definition) is 2. The van der Waals surface area contributed by atoms with E-state index in [4.69, 9.17) is 4.74 Å². The summed E-state index contributed by atoms with van der Waals surface area (Å²) in [5, 5.41) is 3.17. The molecule has 2 heteroatoms. The molecule has 1 N–H and O–H groups in total. The molecule has 9 heavy (non-hydrogen) atoms. The largest absolute Gasteiger partial charge is 0.495 e. The monoisotopic (exact) mass is 125 g/mol. The van der Waals surface area contributed by atoms with E-state index in [0.717, 1.165) is 12.2 Å². The van der Waals surface area contributed by atoms with Gasteiger partial charge in [-0.3, -0.25) is 0 Å². The lowest BCUT2D eigenvalue weighted by molar-refractivity contribution is 0.268. The molecule has 50 valence electrons. The summed E-state index contributed by atoms with van der Waals surface area (Å²) in [4.78, 5) is 0. The van der Waals surface area contributed by atoms with Crippen molar-refractivity contribution >= 4 is 0 Å². The highest BCUT2D eigenvalue weighted by molar-refractivity contribution is 5.13. The molecule has 0 amide bonds. The highest BCUT2D eigenvalue weighted by Crippen LogP contribution is 1.97. The van der Waals surface area contributed by atoms with Crippen LogP contribution in [0.15, 0.2) is 24.1 Å². The standard InChI is InChI=1S/C7H11NO/c1-2-8-7-4-3-5-9-6-7/h3-5,8H,2,6H2,1H3. The van der Waals surface area contributed by atoms with Crippen LogP contribution in [0.1, 0.15) is 6.92 Å². The van der Waals surface area contributed by atoms with Gasteiger partial charge in [-0.05, 0) is 19.1 Å². The van der Waals surface area contributed by atoms with E-state index < -0.39 is 0 Å². The molecule has 0 aliphatic carbocycles. The van der Waals surface area contributed by atoms with Crippen molar-refractivity contribution in [2.75, 3.05) is 13.2 Å². The van der Waals surface area contributed by atoms with Gasteiger partial charge in [0.25, 0.3) is 0 Å². The van der Waals surface area contributed by atoms with Gasteiger partial charge in [0, 0.05) is 12.2 Å². The van der Waals surface area contributed by atoms with E-state index in [9.17, 15) is 0 Å². The fraction of sp³-hybridized carbons (Fsp3) is 0.429. The predicted molar refractivity (Wildman–Crippen MR) is 36.9 cm³/mol. The summed E-state index contributed by atoms with van der Waals surface area (Å²) in [6.45, 7) is 3.71. The van der Waals surface area contributed by atoms with E-state index in [1.807, 2.05) is 12.2 Å². The van der Waals surface area contributed by atoms with E-state index in [0.29, 0.717) is 6.61 Å². The van der Waals surface area contributed by atoms with Crippen LogP contribution in [-0.4, -0.2) is 13.2 Å². The summed E-state index contributed by atoms with van der Waals surface area (Å²) in [5.74, 6) is 0. The number of ether oxygens (including phenoxy) is 1. The third kappa shape index (κ3) is 1.80. The SMILES string of the molecule is CCNC1=CC=COC1. The Balaban J connectivity index is 2.38. The Labute approximate surface area is 55.2 Å². The van der Waals surface area contributed by atoms with Gasteiger partial charge < -0.3 is 10.1 Å². The number of likely N-dealkylation sites (N-methyl/N-ethyl adjacent to an activating group) is 1. The molecule has 0 bridgehead atoms. The van der Waals surface area contributed by atoms with Crippen molar-refractivity contribution in [1.82, 2.24) is 5.32 Å². The average Bonchev–Trinajstić information content (AvgIpc) is 1.91. The molecule has 0 radical (unpaired) electrons. The van der Waals surface area contributed by atoms with Crippen LogP contribution >= 0.6 is 0 Å². The number of nitrogens with one attached hydrogen (secondary N) is 1. The van der Waals surface area contributed by atoms with Crippen LogP contribution in [0, 0.1) is 0 Å². The van der Waals surface area contributed by atoms with Crippen molar-refractivity contribution in [2.24, 2.45) is 0 Å². The first-order valence-corrected chi connectivity index (χ1v) is 3.14. The van der Waals surface area contributed by atoms with Gasteiger partial charge in [-0.15, -0.1) is 0 Å². The summed E-state index contributed by atoms with van der Waals surface area (Å²) >= 11 is 0. The molecule has 1 rings (SSSR count). The minimum absolute atomic E-state index is 0.685. The zero-order chi connectivity index (χ0) is 6.53. The first-order chi connectivity index (χ1) is 4.43. The first-order valence-electron chi connectivity index (χ1n) is 3.14. The summed E-state index contributed by atoms with van der Waals surface area (Å²) in [5.41, 5.74) is 1.15. The van der Waals surface area contributed by atoms with E-state index in [1.54, 1.807) is 6.26 Å². The highest BCUT2D eigenvalue weighted by atomic mass is 16.5. The molecule has 0 atom stereocenters. The minimum atomic E-state index is 0.685. The second kappa shape index (κ2) is 3.17. The average molecular weight is 125 g/mol. The van der Waals surface area contributed by atoms with Crippen LogP contribution < -0.4 is 5.32 Å². The van der Waals surface area contributed by atoms with Crippen LogP contribution in [-0.2, 0) is 4.74 Å². The topological polar surface area (TPSA) is 21.3 Å². The van der Waals surface area contributed by atoms with Crippen molar-refractivity contribution in [1.29, 1.82) is 0 Å². The number of rotatable bonds is 2. The normalized spacial score (nSPS) is 16.3. The molecule has 2 nitrogen and oxygen atoms in total. The Bertz CT molecular complexity index is 138. The fourth-order valence-electron chi connectivity index (χ4n) is 0.734. The smallest absolute Gasteiger partial charge is 0.127 e. The fourth-order valence-corrected chi connectivity index (χ4v) is 0.734. The Hall–Kier alpha value is -0.920. The predicted octanol–water partition coefficient (Wildman–Crippen LogP) is 1.02. The third-order valence-electron chi connectivity index (χ3n) is 1.11. The molecular formula is C7H11NO. The van der Waals surface area contributed by atoms with Gasteiger partial charge in [-0.1, -0.05) is 0 Å². The van der Waals surface area contributed by atoms with Gasteiger partial charge >= 0.3 is 0 Å². The van der Waals surface area contributed by atoms with Gasteiger partial charge in [-0.2, -0.15) is 0 Å². The van der Waals surface area contributed by atoms with E-state index in [-0.39, 0.29) is 0 Å². The third-order valence-corrected chi connectivity index (χ3v) is 1.11. The molecule has 0 aromatic carbocycles. The van der Waals surface area contributed by atoms with Gasteiger partial charge in [-0.25, -0.2) is 0 Å². The molecule has 1 aliphatic heterocycles. The van der Waals surface area contributed by atoms with Crippen LogP contribution in [0.2, 0.25) is 0 Å². The van der Waals surface area contributed by atoms with Crippen LogP contribution in [0.5, 0.6) is 0 Å². The maximum absolute atomic E-state index is 5.02. The molecule has 0 aromatic heterocycles. The maximum Gasteiger partial charge on any atom is 0.127 e. The summed E-state index contributed by atoms with van der Waals surface area (Å²) < 4.78 is 5.02. The second-order valence-corrected chi connectivity index (χ2v) is 1.86. The van der Waals surface area contributed by atoms with E-state index in [2.05, 4.69) is 12.2 Å². The van der Waals surface area contributed by atoms with Gasteiger partial charge in [0.15, 0.2) is 0 Å². The molecule has 0 saturated carbocycles. The van der Waals surface area contributed by atoms with Crippen LogP contribution in [0.4, 0.5) is 0 Å². The van der Waals surface area contributed by atoms with Crippen LogP contribution in [0.3, 0.4) is 0 Å². The molecule has 0 saturated heterocycles. The molecular weight excluding hydrogens is 114 g/mol. The van der Waals surface area contributed by atoms with Crippen molar-refractivity contribution in [3.05, 3.63) is 24.1 Å². The molecule has 0 unspecified atom stereocenters. The maximum atomic E-state index is 5.02. The van der Waals surface area contributed by atoms with Gasteiger partial charge in [0.2, 0.25) is 0 Å². The Morgan fingerprint density at radius 3 is 3.22 bits per heavy atom. The zero-order valence-electron chi connectivity index (χ0n) is 5.55. The van der Waals surface area contributed by atoms with Gasteiger partial charge in [0.1, 0.15) is 6.61 Å². The van der Waals surface area contributed by atoms with Crippen molar-refractivity contribution in [3.63, 3.8) is 0 Å². The van der Waals surface area contributed by atoms with Crippen molar-refractivity contribution in [2.45, 2.75) is 6.92 Å². The molecule has 1 aliphatic rings. The van der Waals surface area contributed by atoms with E-state index >= 15 is 0 Å².